The van der Waals surface area contributed by atoms with Crippen LogP contribution in [0, 0.1) is 0 Å². The molecule has 0 aliphatic heterocycles. The predicted octanol–water partition coefficient (Wildman–Crippen LogP) is -3.33. The molecule has 2 atom stereocenters. The molecule has 1 saturated carbocycles. The van der Waals surface area contributed by atoms with Gasteiger partial charge in [-0.25, -0.2) is 0 Å². The summed E-state index contributed by atoms with van der Waals surface area (Å²) in [5, 5.41) is 17.1. The fourth-order valence-electron chi connectivity index (χ4n) is 0.677. The van der Waals surface area contributed by atoms with Crippen molar-refractivity contribution in [2.45, 2.75) is 12.2 Å². The zero-order valence-electron chi connectivity index (χ0n) is 6.77. The van der Waals surface area contributed by atoms with Crippen molar-refractivity contribution in [3.63, 3.8) is 0 Å². The number of hydrogen-bond acceptors (Lipinski definition) is 5. The van der Waals surface area contributed by atoms with Crippen LogP contribution in [0.1, 0.15) is 0 Å². The first-order valence-electron chi connectivity index (χ1n) is 2.54. The van der Waals surface area contributed by atoms with Gasteiger partial charge in [0.05, 0.1) is 0 Å². The molecule has 1 aliphatic rings. The van der Waals surface area contributed by atoms with E-state index in [9.17, 15) is 14.4 Å². The largest absolute Gasteiger partial charge is 0.382 e. The molecule has 0 heterocycles. The van der Waals surface area contributed by atoms with Crippen LogP contribution in [0.15, 0.2) is 0 Å². The Morgan fingerprint density at radius 1 is 0.833 bits per heavy atom. The van der Waals surface area contributed by atoms with E-state index < -0.39 is 29.6 Å². The van der Waals surface area contributed by atoms with Crippen molar-refractivity contribution in [2.24, 2.45) is 0 Å². The van der Waals surface area contributed by atoms with Gasteiger partial charge in [0.15, 0.2) is 12.2 Å². The smallest absolute Gasteiger partial charge is 0.269 e. The third-order valence-electron chi connectivity index (χ3n) is 1.28. The molecule has 0 aromatic carbocycles. The molecule has 2 N–H and O–H groups in total. The first kappa shape index (κ1) is 16.6. The van der Waals surface area contributed by atoms with Gasteiger partial charge >= 0.3 is 0 Å². The van der Waals surface area contributed by atoms with Gasteiger partial charge in [0, 0.05) is 103 Å². The van der Waals surface area contributed by atoms with E-state index in [1.54, 1.807) is 0 Å². The van der Waals surface area contributed by atoms with Crippen LogP contribution in [0.5, 0.6) is 0 Å². The number of carbonyl (C=O) groups is 3. The van der Waals surface area contributed by atoms with Gasteiger partial charge in [-0.3, -0.25) is 14.4 Å². The summed E-state index contributed by atoms with van der Waals surface area (Å²) < 4.78 is 0. The van der Waals surface area contributed by atoms with Crippen molar-refractivity contribution >= 4 is 120 Å². The average molecular weight is 222 g/mol. The Kier molecular flexibility index (Phi) is 9.20. The Bertz CT molecular complexity index is 204. The Morgan fingerprint density at radius 2 is 1.08 bits per heavy atom. The summed E-state index contributed by atoms with van der Waals surface area (Å²) >= 11 is 0. The van der Waals surface area contributed by atoms with Gasteiger partial charge in [0.25, 0.3) is 5.78 Å². The first-order valence-corrected chi connectivity index (χ1v) is 2.54. The van der Waals surface area contributed by atoms with Gasteiger partial charge in [-0.15, -0.1) is 0 Å². The maximum Gasteiger partial charge on any atom is 0.269 e. The van der Waals surface area contributed by atoms with Crippen LogP contribution < -0.4 is 0 Å². The number of carbonyl (C=O) groups excluding carboxylic acids is 3. The van der Waals surface area contributed by atoms with E-state index in [0.29, 0.717) is 0 Å². The fourth-order valence-corrected chi connectivity index (χ4v) is 0.677. The SMILES string of the molecule is O=C1C(=O)C(O)C(O)C1=O.[K].[K]. The van der Waals surface area contributed by atoms with Crippen LogP contribution >= 0.6 is 0 Å². The molecule has 1 rings (SSSR count). The summed E-state index contributed by atoms with van der Waals surface area (Å²) in [5.74, 6) is -3.77. The van der Waals surface area contributed by atoms with Crippen LogP contribution in [-0.2, 0) is 14.4 Å². The zero-order valence-corrected chi connectivity index (χ0v) is 13.0. The average Bonchev–Trinajstić information content (AvgIpc) is 2.07. The summed E-state index contributed by atoms with van der Waals surface area (Å²) in [7, 11) is 0. The number of aliphatic hydroxyl groups is 2. The molecule has 1 aliphatic carbocycles. The first-order chi connectivity index (χ1) is 4.55. The molecule has 0 aromatic heterocycles. The molecule has 1 fully saturated rings. The molecule has 7 heteroatoms. The normalized spacial score (nSPS) is 28.0. The van der Waals surface area contributed by atoms with Crippen molar-refractivity contribution in [1.29, 1.82) is 0 Å². The Balaban J connectivity index is 0. The Hall–Kier alpha value is 2.20. The van der Waals surface area contributed by atoms with Crippen LogP contribution in [0.3, 0.4) is 0 Å². The zero-order chi connectivity index (χ0) is 7.89. The third kappa shape index (κ3) is 3.11. The molecule has 12 heavy (non-hydrogen) atoms. The van der Waals surface area contributed by atoms with Crippen LogP contribution in [-0.4, -0.2) is 143 Å². The second kappa shape index (κ2) is 6.64. The molecule has 56 valence electrons. The van der Waals surface area contributed by atoms with Gasteiger partial charge in [0.1, 0.15) is 0 Å². The summed E-state index contributed by atoms with van der Waals surface area (Å²) in [6.07, 6.45) is -3.69. The fraction of sp³-hybridized carbons (Fsp3) is 0.400. The molecule has 0 aromatic rings. The van der Waals surface area contributed by atoms with Crippen molar-refractivity contribution < 1.29 is 24.6 Å². The second-order valence-corrected chi connectivity index (χ2v) is 1.95. The van der Waals surface area contributed by atoms with E-state index in [0.717, 1.165) is 0 Å². The molecule has 2 radical (unpaired) electrons. The van der Waals surface area contributed by atoms with Gasteiger partial charge in [-0.05, 0) is 0 Å². The van der Waals surface area contributed by atoms with Crippen molar-refractivity contribution in [3.05, 3.63) is 0 Å². The van der Waals surface area contributed by atoms with Crippen molar-refractivity contribution in [1.82, 2.24) is 0 Å². The minimum atomic E-state index is -1.85. The maximum absolute atomic E-state index is 10.3. The Morgan fingerprint density at radius 3 is 1.17 bits per heavy atom. The number of hydrogen-bond donors (Lipinski definition) is 2. The standard InChI is InChI=1S/C5H4O5.2K/c6-1-2(7)4(9)5(10)3(1)8;;/h1-2,6-7H;;. The molecule has 5 nitrogen and oxygen atoms in total. The van der Waals surface area contributed by atoms with Gasteiger partial charge in [0.2, 0.25) is 11.6 Å². The number of aliphatic hydroxyl groups excluding tert-OH is 2. The van der Waals surface area contributed by atoms with Gasteiger partial charge in [-0.1, -0.05) is 0 Å². The minimum absolute atomic E-state index is 0. The molecule has 0 bridgehead atoms. The molecular weight excluding hydrogens is 218 g/mol. The third-order valence-corrected chi connectivity index (χ3v) is 1.28. The number of rotatable bonds is 0. The summed E-state index contributed by atoms with van der Waals surface area (Å²) in [6.45, 7) is 0. The number of ketones is 3. The molecule has 2 unspecified atom stereocenters. The van der Waals surface area contributed by atoms with Crippen LogP contribution in [0.2, 0.25) is 0 Å². The van der Waals surface area contributed by atoms with E-state index in [2.05, 4.69) is 0 Å². The topological polar surface area (TPSA) is 91.7 Å². The van der Waals surface area contributed by atoms with E-state index in [-0.39, 0.29) is 103 Å². The summed E-state index contributed by atoms with van der Waals surface area (Å²) in [4.78, 5) is 31.0. The predicted molar refractivity (Wildman–Crippen MR) is 38.5 cm³/mol. The van der Waals surface area contributed by atoms with E-state index >= 15 is 0 Å². The minimum Gasteiger partial charge on any atom is -0.382 e. The van der Waals surface area contributed by atoms with Crippen molar-refractivity contribution in [2.75, 3.05) is 0 Å². The summed E-state index contributed by atoms with van der Waals surface area (Å²) in [6, 6.07) is 0. The maximum atomic E-state index is 10.3. The van der Waals surface area contributed by atoms with Crippen LogP contribution in [0.25, 0.3) is 0 Å². The number of Topliss-reactive ketones (excluding diaryl/α,β-unsaturated/α-hetero) is 3. The second-order valence-electron chi connectivity index (χ2n) is 1.95. The van der Waals surface area contributed by atoms with Crippen LogP contribution in [0.4, 0.5) is 0 Å². The van der Waals surface area contributed by atoms with E-state index in [1.165, 1.54) is 0 Å². The molecular formula is C5H4K2O5. The molecule has 0 amide bonds. The quantitative estimate of drug-likeness (QED) is 0.330. The van der Waals surface area contributed by atoms with Gasteiger partial charge in [-0.2, -0.15) is 0 Å². The molecule has 0 saturated heterocycles. The monoisotopic (exact) mass is 222 g/mol. The van der Waals surface area contributed by atoms with Gasteiger partial charge < -0.3 is 10.2 Å². The van der Waals surface area contributed by atoms with Crippen molar-refractivity contribution in [3.8, 4) is 0 Å². The summed E-state index contributed by atoms with van der Waals surface area (Å²) in [5.41, 5.74) is 0. The van der Waals surface area contributed by atoms with E-state index in [1.807, 2.05) is 0 Å². The Labute approximate surface area is 153 Å². The van der Waals surface area contributed by atoms with E-state index in [4.69, 9.17) is 10.2 Å². The molecule has 0 spiro atoms.